The van der Waals surface area contributed by atoms with E-state index < -0.39 is 17.9 Å². The lowest BCUT2D eigenvalue weighted by molar-refractivity contribution is 0.602. The predicted octanol–water partition coefficient (Wildman–Crippen LogP) is 3.24. The zero-order chi connectivity index (χ0) is 13.8. The monoisotopic (exact) mass is 278 g/mol. The molecule has 0 aliphatic rings. The molecule has 1 aromatic carbocycles. The molecule has 96 valence electrons. The van der Waals surface area contributed by atoms with Crippen LogP contribution >= 0.6 is 0 Å². The van der Waals surface area contributed by atoms with Crippen molar-refractivity contribution in [3.8, 4) is 11.5 Å². The SMILES string of the molecule is CC(=CC#C[Si](C)(C)C)S(=O)(=O)c1ccccc1. The van der Waals surface area contributed by atoms with Gasteiger partial charge in [0.05, 0.1) is 9.80 Å². The molecule has 0 saturated heterocycles. The fraction of sp³-hybridized carbons (Fsp3) is 0.286. The topological polar surface area (TPSA) is 34.1 Å². The third-order valence-electron chi connectivity index (χ3n) is 2.20. The highest BCUT2D eigenvalue weighted by molar-refractivity contribution is 7.95. The van der Waals surface area contributed by atoms with Crippen molar-refractivity contribution < 1.29 is 8.42 Å². The first-order chi connectivity index (χ1) is 8.23. The Bertz CT molecular complexity index is 597. The molecule has 1 rings (SSSR count). The maximum atomic E-state index is 12.2. The van der Waals surface area contributed by atoms with Crippen LogP contribution < -0.4 is 0 Å². The van der Waals surface area contributed by atoms with Crippen LogP contribution in [0.25, 0.3) is 0 Å². The lowest BCUT2D eigenvalue weighted by Gasteiger charge is -2.04. The van der Waals surface area contributed by atoms with E-state index in [0.29, 0.717) is 9.80 Å². The van der Waals surface area contributed by atoms with Crippen LogP contribution in [0.2, 0.25) is 19.6 Å². The third-order valence-corrected chi connectivity index (χ3v) is 4.95. The van der Waals surface area contributed by atoms with Crippen LogP contribution in [0.5, 0.6) is 0 Å². The Hall–Kier alpha value is -1.31. The lowest BCUT2D eigenvalue weighted by atomic mass is 10.4. The Morgan fingerprint density at radius 2 is 1.72 bits per heavy atom. The van der Waals surface area contributed by atoms with Gasteiger partial charge in [0, 0.05) is 6.08 Å². The molecule has 0 aliphatic heterocycles. The van der Waals surface area contributed by atoms with Gasteiger partial charge in [-0.05, 0) is 19.1 Å². The minimum atomic E-state index is -3.38. The highest BCUT2D eigenvalue weighted by atomic mass is 32.2. The predicted molar refractivity (Wildman–Crippen MR) is 78.5 cm³/mol. The normalized spacial score (nSPS) is 12.8. The van der Waals surface area contributed by atoms with E-state index in [2.05, 4.69) is 31.1 Å². The van der Waals surface area contributed by atoms with Crippen molar-refractivity contribution in [3.63, 3.8) is 0 Å². The molecule has 0 bridgehead atoms. The Morgan fingerprint density at radius 1 is 1.17 bits per heavy atom. The summed E-state index contributed by atoms with van der Waals surface area (Å²) >= 11 is 0. The second kappa shape index (κ2) is 5.55. The Balaban J connectivity index is 3.07. The molecule has 1 aromatic rings. The van der Waals surface area contributed by atoms with Gasteiger partial charge in [0.2, 0.25) is 9.84 Å². The second-order valence-electron chi connectivity index (χ2n) is 5.09. The lowest BCUT2D eigenvalue weighted by Crippen LogP contribution is -2.16. The average Bonchev–Trinajstić information content (AvgIpc) is 2.28. The van der Waals surface area contributed by atoms with Crippen molar-refractivity contribution in [2.45, 2.75) is 31.5 Å². The fourth-order valence-corrected chi connectivity index (χ4v) is 2.82. The molecule has 0 aliphatic carbocycles. The van der Waals surface area contributed by atoms with Crippen LogP contribution in [0, 0.1) is 11.5 Å². The van der Waals surface area contributed by atoms with E-state index in [4.69, 9.17) is 0 Å². The quantitative estimate of drug-likeness (QED) is 0.615. The molecule has 0 unspecified atom stereocenters. The standard InChI is InChI=1S/C14H18O2SSi/c1-13(9-8-12-18(2,3)4)17(15,16)14-10-6-5-7-11-14/h5-7,9-11H,1-4H3. The molecule has 0 amide bonds. The molecule has 2 nitrogen and oxygen atoms in total. The summed E-state index contributed by atoms with van der Waals surface area (Å²) in [7, 11) is -4.85. The van der Waals surface area contributed by atoms with Gasteiger partial charge in [0.15, 0.2) is 0 Å². The summed E-state index contributed by atoms with van der Waals surface area (Å²) in [5, 5.41) is 0. The Labute approximate surface area is 111 Å². The molecule has 0 radical (unpaired) electrons. The summed E-state index contributed by atoms with van der Waals surface area (Å²) < 4.78 is 24.3. The number of benzene rings is 1. The third kappa shape index (κ3) is 4.17. The highest BCUT2D eigenvalue weighted by Crippen LogP contribution is 2.17. The first-order valence-corrected chi connectivity index (χ1v) is 10.7. The van der Waals surface area contributed by atoms with Crippen LogP contribution in [0.4, 0.5) is 0 Å². The molecule has 4 heteroatoms. The zero-order valence-corrected chi connectivity index (χ0v) is 13.0. The van der Waals surface area contributed by atoms with Gasteiger partial charge in [-0.15, -0.1) is 5.54 Å². The number of hydrogen-bond acceptors (Lipinski definition) is 2. The summed E-state index contributed by atoms with van der Waals surface area (Å²) in [5.74, 6) is 2.87. The van der Waals surface area contributed by atoms with Crippen molar-refractivity contribution in [1.29, 1.82) is 0 Å². The van der Waals surface area contributed by atoms with Crippen LogP contribution in [0.15, 0.2) is 46.2 Å². The molecule has 18 heavy (non-hydrogen) atoms. The van der Waals surface area contributed by atoms with Crippen molar-refractivity contribution in [2.75, 3.05) is 0 Å². The maximum absolute atomic E-state index is 12.2. The van der Waals surface area contributed by atoms with E-state index in [1.807, 2.05) is 0 Å². The number of hydrogen-bond donors (Lipinski definition) is 0. The van der Waals surface area contributed by atoms with Gasteiger partial charge in [-0.1, -0.05) is 43.8 Å². The summed E-state index contributed by atoms with van der Waals surface area (Å²) in [6, 6.07) is 8.42. The average molecular weight is 278 g/mol. The molecule has 0 N–H and O–H groups in total. The first-order valence-electron chi connectivity index (χ1n) is 5.73. The summed E-state index contributed by atoms with van der Waals surface area (Å²) in [4.78, 5) is 0.605. The number of allylic oxidation sites excluding steroid dienone is 2. The second-order valence-corrected chi connectivity index (χ2v) is 12.0. The minimum Gasteiger partial charge on any atom is -0.219 e. The van der Waals surface area contributed by atoms with Gasteiger partial charge >= 0.3 is 0 Å². The van der Waals surface area contributed by atoms with E-state index in [1.165, 1.54) is 6.08 Å². The molecular weight excluding hydrogens is 260 g/mol. The van der Waals surface area contributed by atoms with Crippen molar-refractivity contribution in [2.24, 2.45) is 0 Å². The van der Waals surface area contributed by atoms with E-state index in [-0.39, 0.29) is 0 Å². The van der Waals surface area contributed by atoms with Gasteiger partial charge in [0.25, 0.3) is 0 Å². The van der Waals surface area contributed by atoms with Crippen LogP contribution in [0.3, 0.4) is 0 Å². The molecule has 0 atom stereocenters. The maximum Gasteiger partial charge on any atom is 0.203 e. The van der Waals surface area contributed by atoms with Gasteiger partial charge in [-0.25, -0.2) is 8.42 Å². The van der Waals surface area contributed by atoms with Gasteiger partial charge in [0.1, 0.15) is 8.07 Å². The number of rotatable bonds is 2. The van der Waals surface area contributed by atoms with Crippen molar-refractivity contribution in [1.82, 2.24) is 0 Å². The van der Waals surface area contributed by atoms with E-state index >= 15 is 0 Å². The van der Waals surface area contributed by atoms with Gasteiger partial charge in [-0.2, -0.15) is 0 Å². The first kappa shape index (κ1) is 14.7. The molecule has 0 aromatic heterocycles. The molecular formula is C14H18O2SSi. The van der Waals surface area contributed by atoms with Gasteiger partial charge in [-0.3, -0.25) is 0 Å². The zero-order valence-electron chi connectivity index (χ0n) is 11.2. The molecule has 0 fully saturated rings. The van der Waals surface area contributed by atoms with Crippen LogP contribution in [-0.2, 0) is 9.84 Å². The summed E-state index contributed by atoms with van der Waals surface area (Å²) in [6.07, 6.45) is 1.50. The largest absolute Gasteiger partial charge is 0.219 e. The van der Waals surface area contributed by atoms with Crippen molar-refractivity contribution >= 4 is 17.9 Å². The number of sulfone groups is 1. The van der Waals surface area contributed by atoms with E-state index in [0.717, 1.165) is 0 Å². The fourth-order valence-electron chi connectivity index (χ4n) is 1.22. The van der Waals surface area contributed by atoms with Crippen LogP contribution in [0.1, 0.15) is 6.92 Å². The smallest absolute Gasteiger partial charge is 0.203 e. The van der Waals surface area contributed by atoms with E-state index in [1.54, 1.807) is 37.3 Å². The molecule has 0 heterocycles. The van der Waals surface area contributed by atoms with Gasteiger partial charge < -0.3 is 0 Å². The minimum absolute atomic E-state index is 0.291. The van der Waals surface area contributed by atoms with E-state index in [9.17, 15) is 8.42 Å². The van der Waals surface area contributed by atoms with Crippen molar-refractivity contribution in [3.05, 3.63) is 41.3 Å². The molecule has 0 saturated carbocycles. The molecule has 0 spiro atoms. The summed E-state index contributed by atoms with van der Waals surface area (Å²) in [5.41, 5.74) is 3.12. The Kier molecular flexibility index (Phi) is 4.55. The summed E-state index contributed by atoms with van der Waals surface area (Å²) in [6.45, 7) is 7.94. The Morgan fingerprint density at radius 3 is 2.22 bits per heavy atom. The van der Waals surface area contributed by atoms with Crippen LogP contribution in [-0.4, -0.2) is 16.5 Å². The highest BCUT2D eigenvalue weighted by Gasteiger charge is 2.15.